The van der Waals surface area contributed by atoms with Crippen molar-refractivity contribution < 1.29 is 22.7 Å². The van der Waals surface area contributed by atoms with Gasteiger partial charge in [-0.15, -0.1) is 0 Å². The number of rotatable bonds is 6. The second-order valence-electron chi connectivity index (χ2n) is 13.2. The number of benzene rings is 2. The lowest BCUT2D eigenvalue weighted by atomic mass is 9.72. The highest BCUT2D eigenvalue weighted by molar-refractivity contribution is 7.87. The standard InChI is InChI=1S/C33H43N5O5S/c1-35(2)32(40)33-19-37(5)18-27(33)26-17-23(43-6)13-15-24(26)30-29(21-10-8-7-9-11-21)25-14-12-22(16-28(25)38(30)20-33)31(39)34-44(41,42)36(3)4/h12-17,21,27H,7-11,18-20H2,1-6H3,(H,34,39). The van der Waals surface area contributed by atoms with E-state index in [9.17, 15) is 18.0 Å². The van der Waals surface area contributed by atoms with Crippen LogP contribution in [0.2, 0.25) is 0 Å². The van der Waals surface area contributed by atoms with Crippen LogP contribution in [0.5, 0.6) is 5.75 Å². The van der Waals surface area contributed by atoms with E-state index in [2.05, 4.69) is 33.4 Å². The number of likely N-dealkylation sites (N-methyl/N-ethyl adjacent to an activating group) is 1. The number of hydrogen-bond donors (Lipinski definition) is 1. The van der Waals surface area contributed by atoms with Crippen molar-refractivity contribution in [1.29, 1.82) is 0 Å². The predicted molar refractivity (Wildman–Crippen MR) is 171 cm³/mol. The molecule has 44 heavy (non-hydrogen) atoms. The summed E-state index contributed by atoms with van der Waals surface area (Å²) in [5.41, 5.74) is 4.91. The van der Waals surface area contributed by atoms with Crippen LogP contribution in [0.3, 0.4) is 0 Å². The van der Waals surface area contributed by atoms with Gasteiger partial charge in [-0.1, -0.05) is 25.3 Å². The molecule has 3 aromatic rings. The van der Waals surface area contributed by atoms with Crippen molar-refractivity contribution in [3.05, 3.63) is 53.1 Å². The van der Waals surface area contributed by atoms with Gasteiger partial charge in [-0.05, 0) is 67.3 Å². The van der Waals surface area contributed by atoms with Crippen molar-refractivity contribution >= 4 is 32.9 Å². The molecule has 1 aliphatic carbocycles. The molecule has 0 bridgehead atoms. The van der Waals surface area contributed by atoms with Crippen LogP contribution in [0.15, 0.2) is 36.4 Å². The molecule has 2 aliphatic heterocycles. The molecule has 6 rings (SSSR count). The lowest BCUT2D eigenvalue weighted by Gasteiger charge is -2.35. The summed E-state index contributed by atoms with van der Waals surface area (Å²) in [6.45, 7) is 1.76. The van der Waals surface area contributed by atoms with Crippen LogP contribution in [0.4, 0.5) is 0 Å². The van der Waals surface area contributed by atoms with Gasteiger partial charge in [0.2, 0.25) is 5.91 Å². The fourth-order valence-corrected chi connectivity index (χ4v) is 8.46. The number of nitrogens with one attached hydrogen (secondary N) is 1. The molecule has 3 aliphatic rings. The largest absolute Gasteiger partial charge is 0.497 e. The zero-order chi connectivity index (χ0) is 31.6. The van der Waals surface area contributed by atoms with Crippen molar-refractivity contribution in [2.45, 2.75) is 50.5 Å². The van der Waals surface area contributed by atoms with Crippen LogP contribution in [-0.2, 0) is 21.5 Å². The molecule has 2 atom stereocenters. The molecule has 11 heteroatoms. The molecule has 1 aromatic heterocycles. The summed E-state index contributed by atoms with van der Waals surface area (Å²) in [4.78, 5) is 31.6. The van der Waals surface area contributed by atoms with Gasteiger partial charge in [0.05, 0.1) is 18.2 Å². The Labute approximate surface area is 260 Å². The number of ether oxygens (including phenoxy) is 1. The average molecular weight is 622 g/mol. The lowest BCUT2D eigenvalue weighted by Crippen LogP contribution is -2.47. The Bertz CT molecular complexity index is 1740. The first-order valence-corrected chi connectivity index (χ1v) is 16.8. The monoisotopic (exact) mass is 621 g/mol. The molecular formula is C33H43N5O5S. The second kappa shape index (κ2) is 11.2. The molecule has 1 saturated carbocycles. The van der Waals surface area contributed by atoms with E-state index in [1.165, 1.54) is 26.1 Å². The highest BCUT2D eigenvalue weighted by Crippen LogP contribution is 2.55. The number of carbonyl (C=O) groups excluding carboxylic acids is 2. The lowest BCUT2D eigenvalue weighted by molar-refractivity contribution is -0.140. The average Bonchev–Trinajstić information content (AvgIpc) is 3.47. The van der Waals surface area contributed by atoms with Crippen LogP contribution in [0.1, 0.15) is 65.4 Å². The molecule has 0 radical (unpaired) electrons. The maximum absolute atomic E-state index is 14.3. The summed E-state index contributed by atoms with van der Waals surface area (Å²) in [5.74, 6) is 0.410. The van der Waals surface area contributed by atoms with Crippen molar-refractivity contribution in [1.82, 2.24) is 23.4 Å². The topological polar surface area (TPSA) is 104 Å². The van der Waals surface area contributed by atoms with E-state index in [0.717, 1.165) is 70.0 Å². The van der Waals surface area contributed by atoms with Crippen LogP contribution >= 0.6 is 0 Å². The molecule has 2 unspecified atom stereocenters. The number of hydrogen-bond acceptors (Lipinski definition) is 6. The molecule has 2 amide bonds. The third-order valence-corrected chi connectivity index (χ3v) is 11.4. The third-order valence-electron chi connectivity index (χ3n) is 9.96. The summed E-state index contributed by atoms with van der Waals surface area (Å²) in [6, 6.07) is 11.7. The van der Waals surface area contributed by atoms with Crippen LogP contribution in [0, 0.1) is 5.41 Å². The van der Waals surface area contributed by atoms with E-state index in [0.29, 0.717) is 19.0 Å². The van der Waals surface area contributed by atoms with Gasteiger partial charge in [-0.25, -0.2) is 4.72 Å². The summed E-state index contributed by atoms with van der Waals surface area (Å²) in [5, 5.41) is 1.05. The minimum atomic E-state index is -3.97. The van der Waals surface area contributed by atoms with Crippen molar-refractivity contribution in [3.8, 4) is 17.0 Å². The molecule has 0 spiro atoms. The Morgan fingerprint density at radius 1 is 1.00 bits per heavy atom. The molecule has 1 saturated heterocycles. The Kier molecular flexibility index (Phi) is 7.78. The van der Waals surface area contributed by atoms with E-state index >= 15 is 0 Å². The Hall–Kier alpha value is -3.41. The SMILES string of the molecule is COc1ccc2c(c1)C1CN(C)CC1(C(=O)N(C)C)Cn1c-2c(C2CCCCC2)c2ccc(C(=O)NS(=O)(=O)N(C)C)cc21. The van der Waals surface area contributed by atoms with E-state index in [1.807, 2.05) is 32.3 Å². The Morgan fingerprint density at radius 2 is 1.73 bits per heavy atom. The van der Waals surface area contributed by atoms with Gasteiger partial charge in [0, 0.05) is 75.8 Å². The fourth-order valence-electron chi connectivity index (χ4n) is 7.93. The number of likely N-dealkylation sites (tertiary alicyclic amines) is 1. The maximum atomic E-state index is 14.3. The normalized spacial score (nSPS) is 22.3. The first-order valence-electron chi connectivity index (χ1n) is 15.4. The maximum Gasteiger partial charge on any atom is 0.303 e. The number of nitrogens with zero attached hydrogens (tertiary/aromatic N) is 4. The van der Waals surface area contributed by atoms with E-state index in [1.54, 1.807) is 18.1 Å². The summed E-state index contributed by atoms with van der Waals surface area (Å²) >= 11 is 0. The van der Waals surface area contributed by atoms with Crippen molar-refractivity contribution in [2.24, 2.45) is 5.41 Å². The van der Waals surface area contributed by atoms with Gasteiger partial charge < -0.3 is 19.1 Å². The van der Waals surface area contributed by atoms with Gasteiger partial charge in [0.25, 0.3) is 5.91 Å². The minimum Gasteiger partial charge on any atom is -0.497 e. The fraction of sp³-hybridized carbons (Fsp3) is 0.515. The van der Waals surface area contributed by atoms with Crippen LogP contribution < -0.4 is 9.46 Å². The van der Waals surface area contributed by atoms with E-state index in [-0.39, 0.29) is 17.4 Å². The smallest absolute Gasteiger partial charge is 0.303 e. The van der Waals surface area contributed by atoms with Crippen molar-refractivity contribution in [2.75, 3.05) is 55.4 Å². The third kappa shape index (κ3) is 4.89. The zero-order valence-electron chi connectivity index (χ0n) is 26.5. The van der Waals surface area contributed by atoms with E-state index < -0.39 is 21.5 Å². The molecule has 10 nitrogen and oxygen atoms in total. The Morgan fingerprint density at radius 3 is 2.39 bits per heavy atom. The molecule has 3 heterocycles. The van der Waals surface area contributed by atoms with Gasteiger partial charge >= 0.3 is 10.2 Å². The predicted octanol–water partition coefficient (Wildman–Crippen LogP) is 4.02. The first kappa shape index (κ1) is 30.6. The Balaban J connectivity index is 1.66. The van der Waals surface area contributed by atoms with Crippen LogP contribution in [0.25, 0.3) is 22.2 Å². The minimum absolute atomic E-state index is 0.0699. The molecular weight excluding hydrogens is 578 g/mol. The molecule has 2 aromatic carbocycles. The molecule has 236 valence electrons. The number of aromatic nitrogens is 1. The van der Waals surface area contributed by atoms with Crippen LogP contribution in [-0.4, -0.2) is 94.3 Å². The van der Waals surface area contributed by atoms with Gasteiger partial charge in [0.1, 0.15) is 5.75 Å². The van der Waals surface area contributed by atoms with Crippen molar-refractivity contribution in [3.63, 3.8) is 0 Å². The molecule has 2 fully saturated rings. The van der Waals surface area contributed by atoms with Gasteiger partial charge in [-0.2, -0.15) is 12.7 Å². The second-order valence-corrected chi connectivity index (χ2v) is 15.1. The van der Waals surface area contributed by atoms with Gasteiger partial charge in [0.15, 0.2) is 0 Å². The number of methoxy groups -OCH3 is 1. The highest BCUT2D eigenvalue weighted by atomic mass is 32.2. The number of fused-ring (bicyclic) bond motifs is 7. The molecule has 1 N–H and O–H groups in total. The van der Waals surface area contributed by atoms with Gasteiger partial charge in [-0.3, -0.25) is 9.59 Å². The first-order chi connectivity index (χ1) is 20.9. The zero-order valence-corrected chi connectivity index (χ0v) is 27.3. The quantitative estimate of drug-likeness (QED) is 0.446. The number of carbonyl (C=O) groups is 2. The number of amides is 2. The summed E-state index contributed by atoms with van der Waals surface area (Å²) in [6.07, 6.45) is 5.69. The summed E-state index contributed by atoms with van der Waals surface area (Å²) in [7, 11) is 6.16. The van der Waals surface area contributed by atoms with E-state index in [4.69, 9.17) is 4.74 Å². The highest BCUT2D eigenvalue weighted by Gasteiger charge is 2.55. The summed E-state index contributed by atoms with van der Waals surface area (Å²) < 4.78 is 36.2.